The van der Waals surface area contributed by atoms with Crippen LogP contribution in [0.5, 0.6) is 5.75 Å². The Labute approximate surface area is 173 Å². The summed E-state index contributed by atoms with van der Waals surface area (Å²) in [6, 6.07) is 15.0. The number of hydrogen-bond acceptors (Lipinski definition) is 4. The van der Waals surface area contributed by atoms with Crippen molar-refractivity contribution in [2.24, 2.45) is 0 Å². The predicted octanol–water partition coefficient (Wildman–Crippen LogP) is 2.79. The first kappa shape index (κ1) is 21.0. The van der Waals surface area contributed by atoms with E-state index < -0.39 is 17.8 Å². The average molecular weight is 410 g/mol. The van der Waals surface area contributed by atoms with Gasteiger partial charge in [-0.1, -0.05) is 18.2 Å². The van der Waals surface area contributed by atoms with Gasteiger partial charge < -0.3 is 4.74 Å². The van der Waals surface area contributed by atoms with E-state index in [4.69, 9.17) is 4.74 Å². The second-order valence-electron chi connectivity index (χ2n) is 6.82. The number of hydrazine groups is 1. The maximum absolute atomic E-state index is 12.9. The van der Waals surface area contributed by atoms with E-state index >= 15 is 0 Å². The summed E-state index contributed by atoms with van der Waals surface area (Å²) in [7, 11) is 0. The van der Waals surface area contributed by atoms with E-state index in [2.05, 4.69) is 16.0 Å². The van der Waals surface area contributed by atoms with Crippen LogP contribution in [-0.2, 0) is 16.0 Å². The molecule has 1 heterocycles. The van der Waals surface area contributed by atoms with Crippen LogP contribution in [0.15, 0.2) is 54.6 Å². The summed E-state index contributed by atoms with van der Waals surface area (Å²) in [6.07, 6.45) is -0.807. The Hall–Kier alpha value is -3.68. The lowest BCUT2D eigenvalue weighted by molar-refractivity contribution is -0.132. The summed E-state index contributed by atoms with van der Waals surface area (Å²) in [6.45, 7) is 5.27. The number of halogens is 1. The molecule has 0 bridgehead atoms. The predicted molar refractivity (Wildman–Crippen MR) is 110 cm³/mol. The van der Waals surface area contributed by atoms with Crippen LogP contribution in [0, 0.1) is 19.7 Å². The molecular formula is C22H23FN4O3. The molecule has 30 heavy (non-hydrogen) atoms. The fourth-order valence-corrected chi connectivity index (χ4v) is 2.96. The number of aromatic nitrogens is 2. The summed E-state index contributed by atoms with van der Waals surface area (Å²) in [5.74, 6) is -0.949. The number of benzene rings is 2. The summed E-state index contributed by atoms with van der Waals surface area (Å²) < 4.78 is 20.2. The van der Waals surface area contributed by atoms with Gasteiger partial charge in [0.05, 0.1) is 17.8 Å². The second kappa shape index (κ2) is 9.21. The molecule has 0 saturated carbocycles. The van der Waals surface area contributed by atoms with Crippen LogP contribution in [0.1, 0.15) is 23.9 Å². The molecular weight excluding hydrogens is 387 g/mol. The van der Waals surface area contributed by atoms with Gasteiger partial charge in [0, 0.05) is 11.3 Å². The van der Waals surface area contributed by atoms with Gasteiger partial charge in [0.2, 0.25) is 5.91 Å². The zero-order valence-electron chi connectivity index (χ0n) is 17.0. The normalized spacial score (nSPS) is 11.6. The van der Waals surface area contributed by atoms with Crippen LogP contribution >= 0.6 is 0 Å². The molecule has 1 aromatic heterocycles. The summed E-state index contributed by atoms with van der Waals surface area (Å²) in [5, 5.41) is 4.51. The smallest absolute Gasteiger partial charge is 0.279 e. The largest absolute Gasteiger partial charge is 0.481 e. The molecule has 2 aromatic carbocycles. The van der Waals surface area contributed by atoms with Gasteiger partial charge in [0.25, 0.3) is 5.91 Å². The molecule has 0 aliphatic rings. The molecule has 0 unspecified atom stereocenters. The van der Waals surface area contributed by atoms with Crippen molar-refractivity contribution in [2.75, 3.05) is 0 Å². The minimum absolute atomic E-state index is 0.0674. The lowest BCUT2D eigenvalue weighted by Gasteiger charge is -2.15. The minimum Gasteiger partial charge on any atom is -0.481 e. The molecule has 2 amide bonds. The van der Waals surface area contributed by atoms with Crippen LogP contribution < -0.4 is 15.6 Å². The molecule has 1 atom stereocenters. The van der Waals surface area contributed by atoms with Crippen molar-refractivity contribution in [3.63, 3.8) is 0 Å². The third-order valence-corrected chi connectivity index (χ3v) is 4.60. The Balaban J connectivity index is 1.56. The molecule has 2 N–H and O–H groups in total. The number of nitrogens with zero attached hydrogens (tertiary/aromatic N) is 2. The summed E-state index contributed by atoms with van der Waals surface area (Å²) in [5.41, 5.74) is 8.04. The Kier molecular flexibility index (Phi) is 6.46. The first-order valence-electron chi connectivity index (χ1n) is 9.46. The van der Waals surface area contributed by atoms with Crippen molar-refractivity contribution in [3.8, 4) is 11.4 Å². The fourth-order valence-electron chi connectivity index (χ4n) is 2.96. The van der Waals surface area contributed by atoms with Crippen molar-refractivity contribution in [2.45, 2.75) is 33.3 Å². The van der Waals surface area contributed by atoms with Crippen molar-refractivity contribution in [3.05, 3.63) is 77.4 Å². The number of rotatable bonds is 6. The van der Waals surface area contributed by atoms with E-state index in [1.807, 2.05) is 44.2 Å². The minimum atomic E-state index is -0.875. The van der Waals surface area contributed by atoms with E-state index in [9.17, 15) is 14.0 Å². The van der Waals surface area contributed by atoms with Crippen LogP contribution in [0.25, 0.3) is 5.69 Å². The first-order chi connectivity index (χ1) is 14.3. The zero-order chi connectivity index (χ0) is 21.7. The first-order valence-corrected chi connectivity index (χ1v) is 9.46. The molecule has 0 fully saturated rings. The molecule has 3 rings (SSSR count). The van der Waals surface area contributed by atoms with E-state index in [1.54, 1.807) is 4.68 Å². The highest BCUT2D eigenvalue weighted by Crippen LogP contribution is 2.18. The number of carbonyl (C=O) groups is 2. The van der Waals surface area contributed by atoms with Gasteiger partial charge in [-0.2, -0.15) is 5.10 Å². The quantitative estimate of drug-likeness (QED) is 0.612. The number of amides is 2. The molecule has 0 aliphatic heterocycles. The SMILES string of the molecule is Cc1nn(-c2ccccc2)c(C)c1CC(=O)NNC(=O)[C@@H](C)Oc1ccc(F)cc1. The molecule has 0 radical (unpaired) electrons. The number of aryl methyl sites for hydroxylation is 1. The Morgan fingerprint density at radius 3 is 2.40 bits per heavy atom. The Bertz CT molecular complexity index is 1030. The second-order valence-corrected chi connectivity index (χ2v) is 6.82. The average Bonchev–Trinajstić information content (AvgIpc) is 3.02. The van der Waals surface area contributed by atoms with E-state index in [0.29, 0.717) is 5.75 Å². The van der Waals surface area contributed by atoms with Crippen molar-refractivity contribution in [1.82, 2.24) is 20.6 Å². The highest BCUT2D eigenvalue weighted by atomic mass is 19.1. The van der Waals surface area contributed by atoms with Crippen LogP contribution in [0.4, 0.5) is 4.39 Å². The lowest BCUT2D eigenvalue weighted by Crippen LogP contribution is -2.47. The molecule has 0 aliphatic carbocycles. The van der Waals surface area contributed by atoms with Gasteiger partial charge >= 0.3 is 0 Å². The molecule has 8 heteroatoms. The highest BCUT2D eigenvalue weighted by molar-refractivity contribution is 5.85. The number of nitrogens with one attached hydrogen (secondary N) is 2. The Morgan fingerprint density at radius 1 is 1.07 bits per heavy atom. The molecule has 3 aromatic rings. The number of hydrogen-bond donors (Lipinski definition) is 2. The van der Waals surface area contributed by atoms with Crippen molar-refractivity contribution in [1.29, 1.82) is 0 Å². The van der Waals surface area contributed by atoms with Gasteiger partial charge in [-0.25, -0.2) is 9.07 Å². The molecule has 7 nitrogen and oxygen atoms in total. The lowest BCUT2D eigenvalue weighted by atomic mass is 10.1. The number of carbonyl (C=O) groups excluding carboxylic acids is 2. The maximum Gasteiger partial charge on any atom is 0.279 e. The molecule has 156 valence electrons. The van der Waals surface area contributed by atoms with Crippen molar-refractivity contribution < 1.29 is 18.7 Å². The maximum atomic E-state index is 12.9. The topological polar surface area (TPSA) is 85.3 Å². The van der Waals surface area contributed by atoms with Crippen LogP contribution in [-0.4, -0.2) is 27.7 Å². The molecule has 0 saturated heterocycles. The van der Waals surface area contributed by atoms with Gasteiger partial charge in [0.1, 0.15) is 11.6 Å². The van der Waals surface area contributed by atoms with E-state index in [0.717, 1.165) is 22.6 Å². The van der Waals surface area contributed by atoms with E-state index in [1.165, 1.54) is 31.2 Å². The van der Waals surface area contributed by atoms with Crippen molar-refractivity contribution >= 4 is 11.8 Å². The van der Waals surface area contributed by atoms with Gasteiger partial charge in [-0.3, -0.25) is 20.4 Å². The van der Waals surface area contributed by atoms with Crippen LogP contribution in [0.2, 0.25) is 0 Å². The molecule has 0 spiro atoms. The summed E-state index contributed by atoms with van der Waals surface area (Å²) >= 11 is 0. The van der Waals surface area contributed by atoms with Gasteiger partial charge in [-0.15, -0.1) is 0 Å². The van der Waals surface area contributed by atoms with Gasteiger partial charge in [-0.05, 0) is 57.2 Å². The van der Waals surface area contributed by atoms with E-state index in [-0.39, 0.29) is 12.3 Å². The van der Waals surface area contributed by atoms with Crippen LogP contribution in [0.3, 0.4) is 0 Å². The standard InChI is InChI=1S/C22H23FN4O3/c1-14-20(15(2)27(26-14)18-7-5-4-6-8-18)13-21(28)24-25-22(29)16(3)30-19-11-9-17(23)10-12-19/h4-12,16H,13H2,1-3H3,(H,24,28)(H,25,29)/t16-/m1/s1. The fraction of sp³-hybridized carbons (Fsp3) is 0.227. The highest BCUT2D eigenvalue weighted by Gasteiger charge is 2.18. The Morgan fingerprint density at radius 2 is 1.73 bits per heavy atom. The number of ether oxygens (including phenoxy) is 1. The number of para-hydroxylation sites is 1. The zero-order valence-corrected chi connectivity index (χ0v) is 17.0. The monoisotopic (exact) mass is 410 g/mol. The summed E-state index contributed by atoms with van der Waals surface area (Å²) in [4.78, 5) is 24.5. The third kappa shape index (κ3) is 5.02. The van der Waals surface area contributed by atoms with Gasteiger partial charge in [0.15, 0.2) is 6.10 Å². The third-order valence-electron chi connectivity index (χ3n) is 4.60.